The van der Waals surface area contributed by atoms with Crippen LogP contribution in [0.25, 0.3) is 0 Å². The van der Waals surface area contributed by atoms with Crippen molar-refractivity contribution >= 4 is 5.97 Å². The summed E-state index contributed by atoms with van der Waals surface area (Å²) in [5, 5.41) is 9.01. The predicted molar refractivity (Wildman–Crippen MR) is 57.1 cm³/mol. The smallest absolute Gasteiger partial charge is 0.331 e. The normalized spacial score (nSPS) is 20.1. The maximum atomic E-state index is 10.9. The summed E-state index contributed by atoms with van der Waals surface area (Å²) in [6, 6.07) is 0. The van der Waals surface area contributed by atoms with Gasteiger partial charge in [0, 0.05) is 5.57 Å². The summed E-state index contributed by atoms with van der Waals surface area (Å²) in [7, 11) is 0. The number of hydrogen-bond acceptors (Lipinski definition) is 1. The Morgan fingerprint density at radius 3 is 2.29 bits per heavy atom. The van der Waals surface area contributed by atoms with Crippen LogP contribution in [0, 0.1) is 11.8 Å². The van der Waals surface area contributed by atoms with Gasteiger partial charge in [-0.25, -0.2) is 4.79 Å². The third-order valence-electron chi connectivity index (χ3n) is 2.93. The topological polar surface area (TPSA) is 37.3 Å². The van der Waals surface area contributed by atoms with E-state index in [1.54, 1.807) is 0 Å². The standard InChI is InChI=1S/C12H20O2/c1-9(2)11(12(13)14)8-10-6-4-3-5-7-10/h8-10H,3-7H2,1-2H3,(H,13,14)/b11-8+. The average molecular weight is 196 g/mol. The molecule has 1 fully saturated rings. The molecule has 0 saturated heterocycles. The van der Waals surface area contributed by atoms with Crippen LogP contribution in [0.3, 0.4) is 0 Å². The van der Waals surface area contributed by atoms with E-state index < -0.39 is 5.97 Å². The van der Waals surface area contributed by atoms with Gasteiger partial charge in [-0.1, -0.05) is 39.2 Å². The molecular weight excluding hydrogens is 176 g/mol. The third kappa shape index (κ3) is 3.17. The fraction of sp³-hybridized carbons (Fsp3) is 0.750. The molecule has 1 N–H and O–H groups in total. The first-order valence-corrected chi connectivity index (χ1v) is 5.56. The molecule has 0 aromatic carbocycles. The summed E-state index contributed by atoms with van der Waals surface area (Å²) in [6.07, 6.45) is 8.16. The lowest BCUT2D eigenvalue weighted by Crippen LogP contribution is -2.11. The van der Waals surface area contributed by atoms with Gasteiger partial charge in [0.05, 0.1) is 0 Å². The van der Waals surface area contributed by atoms with Crippen molar-refractivity contribution in [2.75, 3.05) is 0 Å². The second-order valence-electron chi connectivity index (χ2n) is 4.48. The van der Waals surface area contributed by atoms with Crippen molar-refractivity contribution in [2.45, 2.75) is 46.0 Å². The highest BCUT2D eigenvalue weighted by Crippen LogP contribution is 2.27. The third-order valence-corrected chi connectivity index (χ3v) is 2.93. The van der Waals surface area contributed by atoms with Gasteiger partial charge in [0.1, 0.15) is 0 Å². The number of carbonyl (C=O) groups is 1. The molecule has 1 rings (SSSR count). The molecule has 2 nitrogen and oxygen atoms in total. The zero-order chi connectivity index (χ0) is 10.6. The highest BCUT2D eigenvalue weighted by Gasteiger charge is 2.17. The molecule has 0 aromatic rings. The van der Waals surface area contributed by atoms with E-state index in [0.717, 1.165) is 0 Å². The van der Waals surface area contributed by atoms with E-state index >= 15 is 0 Å². The Morgan fingerprint density at radius 2 is 1.86 bits per heavy atom. The minimum absolute atomic E-state index is 0.134. The van der Waals surface area contributed by atoms with E-state index in [1.807, 2.05) is 19.9 Å². The van der Waals surface area contributed by atoms with Crippen molar-refractivity contribution in [3.05, 3.63) is 11.6 Å². The largest absolute Gasteiger partial charge is 0.478 e. The van der Waals surface area contributed by atoms with Gasteiger partial charge in [-0.05, 0) is 24.7 Å². The predicted octanol–water partition coefficient (Wildman–Crippen LogP) is 3.23. The number of rotatable bonds is 3. The molecule has 1 aliphatic rings. The van der Waals surface area contributed by atoms with Crippen LogP contribution in [0.5, 0.6) is 0 Å². The fourth-order valence-corrected chi connectivity index (χ4v) is 2.07. The molecular formula is C12H20O2. The molecule has 1 saturated carbocycles. The molecule has 0 radical (unpaired) electrons. The van der Waals surface area contributed by atoms with E-state index in [1.165, 1.54) is 32.1 Å². The van der Waals surface area contributed by atoms with Crippen LogP contribution >= 0.6 is 0 Å². The Hall–Kier alpha value is -0.790. The molecule has 80 valence electrons. The summed E-state index contributed by atoms with van der Waals surface area (Å²) >= 11 is 0. The van der Waals surface area contributed by atoms with Gasteiger partial charge in [-0.3, -0.25) is 0 Å². The summed E-state index contributed by atoms with van der Waals surface area (Å²) in [5.41, 5.74) is 0.594. The zero-order valence-electron chi connectivity index (χ0n) is 9.12. The highest BCUT2D eigenvalue weighted by molar-refractivity contribution is 5.87. The van der Waals surface area contributed by atoms with Gasteiger partial charge in [-0.15, -0.1) is 0 Å². The quantitative estimate of drug-likeness (QED) is 0.703. The van der Waals surface area contributed by atoms with E-state index in [4.69, 9.17) is 5.11 Å². The molecule has 0 spiro atoms. The van der Waals surface area contributed by atoms with Crippen molar-refractivity contribution < 1.29 is 9.90 Å². The van der Waals surface area contributed by atoms with Crippen LogP contribution < -0.4 is 0 Å². The minimum Gasteiger partial charge on any atom is -0.478 e. The lowest BCUT2D eigenvalue weighted by molar-refractivity contribution is -0.133. The summed E-state index contributed by atoms with van der Waals surface area (Å²) in [5.74, 6) is -0.0998. The summed E-state index contributed by atoms with van der Waals surface area (Å²) in [6.45, 7) is 3.89. The van der Waals surface area contributed by atoms with Gasteiger partial charge in [0.25, 0.3) is 0 Å². The van der Waals surface area contributed by atoms with Crippen LogP contribution in [-0.4, -0.2) is 11.1 Å². The molecule has 2 heteroatoms. The Balaban J connectivity index is 2.65. The first-order chi connectivity index (χ1) is 6.61. The Labute approximate surface area is 86.0 Å². The SMILES string of the molecule is CC(C)/C(=C\C1CCCCC1)C(=O)O. The van der Waals surface area contributed by atoms with Crippen LogP contribution in [0.2, 0.25) is 0 Å². The van der Waals surface area contributed by atoms with Crippen LogP contribution in [0.1, 0.15) is 46.0 Å². The average Bonchev–Trinajstić information content (AvgIpc) is 2.15. The van der Waals surface area contributed by atoms with E-state index in [-0.39, 0.29) is 5.92 Å². The Morgan fingerprint density at radius 1 is 1.29 bits per heavy atom. The van der Waals surface area contributed by atoms with E-state index in [2.05, 4.69) is 0 Å². The highest BCUT2D eigenvalue weighted by atomic mass is 16.4. The van der Waals surface area contributed by atoms with Crippen molar-refractivity contribution in [1.29, 1.82) is 0 Å². The maximum absolute atomic E-state index is 10.9. The van der Waals surface area contributed by atoms with Crippen molar-refractivity contribution in [3.8, 4) is 0 Å². The molecule has 1 aliphatic carbocycles. The van der Waals surface area contributed by atoms with E-state index in [9.17, 15) is 4.79 Å². The van der Waals surface area contributed by atoms with Crippen molar-refractivity contribution in [3.63, 3.8) is 0 Å². The first kappa shape index (κ1) is 11.3. The Kier molecular flexibility index (Phi) is 4.18. The molecule has 0 aliphatic heterocycles. The van der Waals surface area contributed by atoms with Crippen LogP contribution in [-0.2, 0) is 4.79 Å². The summed E-state index contributed by atoms with van der Waals surface area (Å²) < 4.78 is 0. The maximum Gasteiger partial charge on any atom is 0.331 e. The number of carboxylic acid groups (broad SMARTS) is 1. The zero-order valence-corrected chi connectivity index (χ0v) is 9.12. The second kappa shape index (κ2) is 5.18. The molecule has 0 aromatic heterocycles. The lowest BCUT2D eigenvalue weighted by Gasteiger charge is -2.19. The van der Waals surface area contributed by atoms with Crippen molar-refractivity contribution in [1.82, 2.24) is 0 Å². The van der Waals surface area contributed by atoms with Gasteiger partial charge < -0.3 is 5.11 Å². The van der Waals surface area contributed by atoms with Gasteiger partial charge in [0.2, 0.25) is 0 Å². The van der Waals surface area contributed by atoms with Gasteiger partial charge >= 0.3 is 5.97 Å². The minimum atomic E-state index is -0.745. The fourth-order valence-electron chi connectivity index (χ4n) is 2.07. The lowest BCUT2D eigenvalue weighted by atomic mass is 9.86. The summed E-state index contributed by atoms with van der Waals surface area (Å²) in [4.78, 5) is 10.9. The molecule has 0 unspecified atom stereocenters. The molecule has 14 heavy (non-hydrogen) atoms. The number of hydrogen-bond donors (Lipinski definition) is 1. The number of carboxylic acids is 1. The Bertz CT molecular complexity index is 222. The van der Waals surface area contributed by atoms with Crippen LogP contribution in [0.4, 0.5) is 0 Å². The van der Waals surface area contributed by atoms with E-state index in [0.29, 0.717) is 11.5 Å². The molecule has 0 amide bonds. The van der Waals surface area contributed by atoms with Crippen LogP contribution in [0.15, 0.2) is 11.6 Å². The molecule has 0 heterocycles. The molecule has 0 atom stereocenters. The molecule has 0 bridgehead atoms. The number of allylic oxidation sites excluding steroid dienone is 1. The second-order valence-corrected chi connectivity index (χ2v) is 4.48. The number of aliphatic carboxylic acids is 1. The van der Waals surface area contributed by atoms with Gasteiger partial charge in [0.15, 0.2) is 0 Å². The van der Waals surface area contributed by atoms with Gasteiger partial charge in [-0.2, -0.15) is 0 Å². The first-order valence-electron chi connectivity index (χ1n) is 5.56. The van der Waals surface area contributed by atoms with Crippen molar-refractivity contribution in [2.24, 2.45) is 11.8 Å². The monoisotopic (exact) mass is 196 g/mol.